The summed E-state index contributed by atoms with van der Waals surface area (Å²) in [5, 5.41) is 10.6. The van der Waals surface area contributed by atoms with E-state index in [1.54, 1.807) is 0 Å². The van der Waals surface area contributed by atoms with Crippen LogP contribution in [0.3, 0.4) is 0 Å². The van der Waals surface area contributed by atoms with Gasteiger partial charge in [-0.05, 0) is 36.4 Å². The second kappa shape index (κ2) is 9.57. The lowest BCUT2D eigenvalue weighted by molar-refractivity contribution is 0.0697. The van der Waals surface area contributed by atoms with E-state index >= 15 is 0 Å². The molecule has 2 heterocycles. The van der Waals surface area contributed by atoms with Crippen LogP contribution in [-0.4, -0.2) is 86.5 Å². The molecule has 0 bridgehead atoms. The van der Waals surface area contributed by atoms with Crippen molar-refractivity contribution in [3.63, 3.8) is 0 Å². The molecule has 0 aromatic heterocycles. The zero-order chi connectivity index (χ0) is 20.1. The first-order valence-corrected chi connectivity index (χ1v) is 10.6. The Labute approximate surface area is 172 Å². The summed E-state index contributed by atoms with van der Waals surface area (Å²) in [5.74, 6) is -0.194. The number of nitrogens with zero attached hydrogens (tertiary/aromatic N) is 4. The first kappa shape index (κ1) is 20.1. The predicted octanol–water partition coefficient (Wildman–Crippen LogP) is 2.13. The maximum atomic E-state index is 13.1. The molecule has 2 aromatic carbocycles. The number of hydrogen-bond acceptors (Lipinski definition) is 5. The minimum absolute atomic E-state index is 0.194. The SMILES string of the molecule is OC(CN1CCN(c2ccccc2)CC1)CN1CCN(c2ccc(F)cc2)CC1. The highest BCUT2D eigenvalue weighted by molar-refractivity contribution is 5.47. The molecular formula is C23H31FN4O. The quantitative estimate of drug-likeness (QED) is 0.806. The van der Waals surface area contributed by atoms with E-state index in [-0.39, 0.29) is 11.9 Å². The highest BCUT2D eigenvalue weighted by atomic mass is 19.1. The molecule has 2 aliphatic heterocycles. The van der Waals surface area contributed by atoms with Crippen LogP contribution in [0.15, 0.2) is 54.6 Å². The van der Waals surface area contributed by atoms with E-state index in [4.69, 9.17) is 0 Å². The molecule has 156 valence electrons. The molecule has 4 rings (SSSR count). The molecule has 5 nitrogen and oxygen atoms in total. The van der Waals surface area contributed by atoms with Gasteiger partial charge in [0.1, 0.15) is 5.82 Å². The third-order valence-electron chi connectivity index (χ3n) is 6.00. The Bertz CT molecular complexity index is 741. The van der Waals surface area contributed by atoms with Crippen molar-refractivity contribution in [2.24, 2.45) is 0 Å². The van der Waals surface area contributed by atoms with Crippen molar-refractivity contribution in [2.75, 3.05) is 75.2 Å². The van der Waals surface area contributed by atoms with Crippen LogP contribution in [0.25, 0.3) is 0 Å². The number of rotatable bonds is 6. The number of β-amino-alcohol motifs (C(OH)–C–C–N with tert-alkyl or cyclic N) is 1. The van der Waals surface area contributed by atoms with E-state index < -0.39 is 0 Å². The Morgan fingerprint density at radius 3 is 1.59 bits per heavy atom. The van der Waals surface area contributed by atoms with Crippen molar-refractivity contribution in [3.05, 3.63) is 60.4 Å². The zero-order valence-electron chi connectivity index (χ0n) is 17.0. The van der Waals surface area contributed by atoms with E-state index in [0.29, 0.717) is 0 Å². The fourth-order valence-electron chi connectivity index (χ4n) is 4.32. The smallest absolute Gasteiger partial charge is 0.123 e. The van der Waals surface area contributed by atoms with Crippen LogP contribution in [0.2, 0.25) is 0 Å². The minimum Gasteiger partial charge on any atom is -0.390 e. The van der Waals surface area contributed by atoms with Crippen molar-refractivity contribution in [3.8, 4) is 0 Å². The lowest BCUT2D eigenvalue weighted by Gasteiger charge is -2.39. The second-order valence-electron chi connectivity index (χ2n) is 8.04. The van der Waals surface area contributed by atoms with Gasteiger partial charge in [0, 0.05) is 76.8 Å². The number of aliphatic hydroxyl groups excluding tert-OH is 1. The van der Waals surface area contributed by atoms with Gasteiger partial charge in [0.05, 0.1) is 6.10 Å². The molecule has 0 spiro atoms. The van der Waals surface area contributed by atoms with E-state index in [1.807, 2.05) is 12.1 Å². The number of aliphatic hydroxyl groups is 1. The van der Waals surface area contributed by atoms with Crippen LogP contribution in [0.1, 0.15) is 0 Å². The number of anilines is 2. The third-order valence-corrected chi connectivity index (χ3v) is 6.00. The van der Waals surface area contributed by atoms with E-state index in [9.17, 15) is 9.50 Å². The van der Waals surface area contributed by atoms with Gasteiger partial charge >= 0.3 is 0 Å². The van der Waals surface area contributed by atoms with E-state index in [1.165, 1.54) is 17.8 Å². The van der Waals surface area contributed by atoms with Crippen molar-refractivity contribution in [2.45, 2.75) is 6.10 Å². The van der Waals surface area contributed by atoms with Gasteiger partial charge < -0.3 is 14.9 Å². The molecule has 1 atom stereocenters. The average Bonchev–Trinajstić information content (AvgIpc) is 2.76. The summed E-state index contributed by atoms with van der Waals surface area (Å²) in [4.78, 5) is 9.41. The topological polar surface area (TPSA) is 33.2 Å². The van der Waals surface area contributed by atoms with Gasteiger partial charge in [-0.2, -0.15) is 0 Å². The molecule has 2 fully saturated rings. The Balaban J connectivity index is 1.17. The van der Waals surface area contributed by atoms with Gasteiger partial charge in [-0.15, -0.1) is 0 Å². The van der Waals surface area contributed by atoms with Crippen LogP contribution in [0, 0.1) is 5.82 Å². The van der Waals surface area contributed by atoms with Crippen LogP contribution < -0.4 is 9.80 Å². The highest BCUT2D eigenvalue weighted by Crippen LogP contribution is 2.18. The summed E-state index contributed by atoms with van der Waals surface area (Å²) in [7, 11) is 0. The van der Waals surface area contributed by atoms with Crippen LogP contribution in [0.4, 0.5) is 15.8 Å². The summed E-state index contributed by atoms with van der Waals surface area (Å²) in [6.07, 6.45) is -0.323. The standard InChI is InChI=1S/C23H31FN4O/c24-20-6-8-22(9-7-20)28-16-12-26(13-17-28)19-23(29)18-25-10-14-27(15-11-25)21-4-2-1-3-5-21/h1-9,23,29H,10-19H2. The summed E-state index contributed by atoms with van der Waals surface area (Å²) < 4.78 is 13.1. The number of benzene rings is 2. The van der Waals surface area contributed by atoms with Crippen LogP contribution in [-0.2, 0) is 0 Å². The van der Waals surface area contributed by atoms with Gasteiger partial charge in [0.2, 0.25) is 0 Å². The van der Waals surface area contributed by atoms with Crippen molar-refractivity contribution in [1.29, 1.82) is 0 Å². The molecule has 0 radical (unpaired) electrons. The number of halogens is 1. The molecule has 0 saturated carbocycles. The molecule has 6 heteroatoms. The molecule has 1 N–H and O–H groups in total. The Hall–Kier alpha value is -2.15. The van der Waals surface area contributed by atoms with Gasteiger partial charge in [0.25, 0.3) is 0 Å². The molecule has 0 aliphatic carbocycles. The molecule has 2 saturated heterocycles. The molecule has 29 heavy (non-hydrogen) atoms. The third kappa shape index (κ3) is 5.47. The minimum atomic E-state index is -0.323. The fourth-order valence-corrected chi connectivity index (χ4v) is 4.32. The summed E-state index contributed by atoms with van der Waals surface area (Å²) in [5.41, 5.74) is 2.36. The van der Waals surface area contributed by atoms with Crippen molar-refractivity contribution in [1.82, 2.24) is 9.80 Å². The predicted molar refractivity (Wildman–Crippen MR) is 116 cm³/mol. The largest absolute Gasteiger partial charge is 0.390 e. The van der Waals surface area contributed by atoms with Gasteiger partial charge in [-0.3, -0.25) is 9.80 Å². The summed E-state index contributed by atoms with van der Waals surface area (Å²) >= 11 is 0. The fraction of sp³-hybridized carbons (Fsp3) is 0.478. The maximum absolute atomic E-state index is 13.1. The van der Waals surface area contributed by atoms with E-state index in [0.717, 1.165) is 71.1 Å². The maximum Gasteiger partial charge on any atom is 0.123 e. The summed E-state index contributed by atoms with van der Waals surface area (Å²) in [6, 6.07) is 17.3. The van der Waals surface area contributed by atoms with Crippen molar-refractivity contribution < 1.29 is 9.50 Å². The zero-order valence-corrected chi connectivity index (χ0v) is 17.0. The lowest BCUT2D eigenvalue weighted by atomic mass is 10.2. The normalized spacial score (nSPS) is 20.1. The van der Waals surface area contributed by atoms with Crippen LogP contribution in [0.5, 0.6) is 0 Å². The molecule has 1 unspecified atom stereocenters. The molecule has 2 aromatic rings. The van der Waals surface area contributed by atoms with Gasteiger partial charge in [0.15, 0.2) is 0 Å². The monoisotopic (exact) mass is 398 g/mol. The summed E-state index contributed by atoms with van der Waals surface area (Å²) in [6.45, 7) is 9.13. The molecule has 0 amide bonds. The Morgan fingerprint density at radius 2 is 1.10 bits per heavy atom. The van der Waals surface area contributed by atoms with Gasteiger partial charge in [-0.1, -0.05) is 18.2 Å². The molecule has 2 aliphatic rings. The first-order valence-electron chi connectivity index (χ1n) is 10.6. The molecular weight excluding hydrogens is 367 g/mol. The number of hydrogen-bond donors (Lipinski definition) is 1. The van der Waals surface area contributed by atoms with Gasteiger partial charge in [-0.25, -0.2) is 4.39 Å². The van der Waals surface area contributed by atoms with Crippen molar-refractivity contribution >= 4 is 11.4 Å². The Morgan fingerprint density at radius 1 is 0.655 bits per heavy atom. The highest BCUT2D eigenvalue weighted by Gasteiger charge is 2.23. The lowest BCUT2D eigenvalue weighted by Crippen LogP contribution is -2.52. The van der Waals surface area contributed by atoms with Crippen LogP contribution >= 0.6 is 0 Å². The first-order chi connectivity index (χ1) is 14.2. The second-order valence-corrected chi connectivity index (χ2v) is 8.04. The Kier molecular flexibility index (Phi) is 6.64. The van der Waals surface area contributed by atoms with E-state index in [2.05, 4.69) is 49.9 Å². The number of piperazine rings is 2. The average molecular weight is 399 g/mol. The number of para-hydroxylation sites is 1.